The Morgan fingerprint density at radius 3 is 2.46 bits per heavy atom. The van der Waals surface area contributed by atoms with E-state index in [4.69, 9.17) is 9.47 Å². The fourth-order valence-corrected chi connectivity index (χ4v) is 3.49. The Kier molecular flexibility index (Phi) is 8.47. The second-order valence-corrected chi connectivity index (χ2v) is 7.37. The van der Waals surface area contributed by atoms with E-state index >= 15 is 0 Å². The molecule has 0 aliphatic heterocycles. The molecule has 2 aromatic rings. The van der Waals surface area contributed by atoms with E-state index in [1.54, 1.807) is 31.4 Å². The number of ketones is 1. The maximum Gasteiger partial charge on any atom is 0.137 e. The largest absolute Gasteiger partial charge is 0.497 e. The molecule has 1 N–H and O–H groups in total. The molecule has 0 aromatic heterocycles. The van der Waals surface area contributed by atoms with Gasteiger partial charge in [0.2, 0.25) is 0 Å². The second kappa shape index (κ2) is 10.9. The molecule has 0 fully saturated rings. The lowest BCUT2D eigenvalue weighted by atomic mass is 10.1. The van der Waals surface area contributed by atoms with Crippen molar-refractivity contribution in [3.63, 3.8) is 0 Å². The number of methoxy groups -OCH3 is 1. The number of Topliss-reactive ketones (excluding diaryl/α,β-unsaturated/α-hetero) is 1. The maximum absolute atomic E-state index is 12.1. The minimum absolute atomic E-state index is 0.00945. The minimum atomic E-state index is -1.31. The van der Waals surface area contributed by atoms with Gasteiger partial charge in [-0.25, -0.2) is 0 Å². The van der Waals surface area contributed by atoms with Crippen molar-refractivity contribution >= 4 is 16.6 Å². The molecule has 0 spiro atoms. The Bertz CT molecular complexity index is 700. The Hall–Kier alpha value is -2.02. The third-order valence-electron chi connectivity index (χ3n) is 3.77. The van der Waals surface area contributed by atoms with Crippen molar-refractivity contribution < 1.29 is 23.6 Å². The van der Waals surface area contributed by atoms with Crippen LogP contribution in [0.1, 0.15) is 18.4 Å². The van der Waals surface area contributed by atoms with Gasteiger partial charge in [-0.1, -0.05) is 30.3 Å². The normalized spacial score (nSPS) is 13.2. The molecule has 0 saturated carbocycles. The molecule has 140 valence electrons. The molecule has 0 saturated heterocycles. The van der Waals surface area contributed by atoms with Gasteiger partial charge in [0.1, 0.15) is 11.5 Å². The lowest BCUT2D eigenvalue weighted by Gasteiger charge is -2.10. The fourth-order valence-electron chi connectivity index (χ4n) is 2.36. The molecular weight excluding hydrogens is 352 g/mol. The number of carbonyl (C=O) groups is 1. The number of carbonyl (C=O) groups excluding carboxylic acids is 1. The van der Waals surface area contributed by atoms with Crippen LogP contribution in [0.5, 0.6) is 5.75 Å². The summed E-state index contributed by atoms with van der Waals surface area (Å²) >= 11 is 0. The molecule has 0 bridgehead atoms. The number of hydrogen-bond acceptors (Lipinski definition) is 5. The van der Waals surface area contributed by atoms with Crippen molar-refractivity contribution in [3.8, 4) is 5.75 Å². The predicted octanol–water partition coefficient (Wildman–Crippen LogP) is 2.73. The first kappa shape index (κ1) is 20.3. The van der Waals surface area contributed by atoms with E-state index in [0.29, 0.717) is 18.1 Å². The molecule has 0 heterocycles. The van der Waals surface area contributed by atoms with Crippen molar-refractivity contribution in [1.29, 1.82) is 0 Å². The van der Waals surface area contributed by atoms with Crippen molar-refractivity contribution in [2.45, 2.75) is 30.4 Å². The molecular formula is C20H24O5S. The summed E-state index contributed by atoms with van der Waals surface area (Å²) in [4.78, 5) is 12.6. The molecule has 0 radical (unpaired) electrons. The van der Waals surface area contributed by atoms with Crippen LogP contribution in [0.25, 0.3) is 0 Å². The summed E-state index contributed by atoms with van der Waals surface area (Å²) < 4.78 is 22.7. The summed E-state index contributed by atoms with van der Waals surface area (Å²) in [5, 5.41) is 9.97. The van der Waals surface area contributed by atoms with E-state index in [0.717, 1.165) is 11.3 Å². The fraction of sp³-hybridized carbons (Fsp3) is 0.350. The van der Waals surface area contributed by atoms with Crippen LogP contribution in [0.2, 0.25) is 0 Å². The lowest BCUT2D eigenvalue weighted by molar-refractivity contribution is -0.121. The van der Waals surface area contributed by atoms with E-state index in [9.17, 15) is 14.1 Å². The van der Waals surface area contributed by atoms with Gasteiger partial charge >= 0.3 is 0 Å². The number of hydrogen-bond donors (Lipinski definition) is 1. The molecule has 26 heavy (non-hydrogen) atoms. The van der Waals surface area contributed by atoms with Crippen LogP contribution >= 0.6 is 0 Å². The van der Waals surface area contributed by atoms with Crippen molar-refractivity contribution in [2.24, 2.45) is 0 Å². The molecule has 2 rings (SSSR count). The SMILES string of the molecule is COc1ccc(COCCC(=O)C[C@@H](O)C[S@@](=O)c2ccccc2)cc1. The topological polar surface area (TPSA) is 72.8 Å². The zero-order valence-corrected chi connectivity index (χ0v) is 15.6. The summed E-state index contributed by atoms with van der Waals surface area (Å²) in [5.74, 6) is 0.741. The van der Waals surface area contributed by atoms with Crippen LogP contribution in [-0.2, 0) is 26.9 Å². The summed E-state index contributed by atoms with van der Waals surface area (Å²) in [7, 11) is 0.303. The number of aliphatic hydroxyl groups is 1. The highest BCUT2D eigenvalue weighted by atomic mass is 32.2. The standard InChI is InChI=1S/C20H24O5S/c1-24-19-9-7-16(8-10-19)14-25-12-11-17(21)13-18(22)15-26(23)20-5-3-2-4-6-20/h2-10,18,22H,11-15H2,1H3/t18-,26-/m1/s1. The Morgan fingerprint density at radius 1 is 1.12 bits per heavy atom. The summed E-state index contributed by atoms with van der Waals surface area (Å²) in [5.41, 5.74) is 0.997. The number of rotatable bonds is 11. The zero-order valence-electron chi connectivity index (χ0n) is 14.8. The first-order valence-corrected chi connectivity index (χ1v) is 9.74. The highest BCUT2D eigenvalue weighted by Crippen LogP contribution is 2.12. The third kappa shape index (κ3) is 7.07. The van der Waals surface area contributed by atoms with Crippen molar-refractivity contribution in [1.82, 2.24) is 0 Å². The van der Waals surface area contributed by atoms with Gasteiger partial charge < -0.3 is 14.6 Å². The molecule has 0 aliphatic rings. The van der Waals surface area contributed by atoms with E-state index in [1.165, 1.54) is 0 Å². The van der Waals surface area contributed by atoms with E-state index in [2.05, 4.69) is 0 Å². The van der Waals surface area contributed by atoms with Gasteiger partial charge in [0.05, 0.1) is 43.0 Å². The molecule has 0 amide bonds. The van der Waals surface area contributed by atoms with Crippen LogP contribution < -0.4 is 4.74 Å². The summed E-state index contributed by atoms with van der Waals surface area (Å²) in [6, 6.07) is 16.4. The summed E-state index contributed by atoms with van der Waals surface area (Å²) in [6.45, 7) is 0.706. The van der Waals surface area contributed by atoms with Gasteiger partial charge in [-0.05, 0) is 29.8 Å². The van der Waals surface area contributed by atoms with Crippen molar-refractivity contribution in [3.05, 3.63) is 60.2 Å². The summed E-state index contributed by atoms with van der Waals surface area (Å²) in [6.07, 6.45) is -0.694. The first-order chi connectivity index (χ1) is 12.6. The van der Waals surface area contributed by atoms with Crippen LogP contribution in [-0.4, -0.2) is 40.7 Å². The quantitative estimate of drug-likeness (QED) is 0.611. The number of benzene rings is 2. The van der Waals surface area contributed by atoms with Crippen molar-refractivity contribution in [2.75, 3.05) is 19.5 Å². The smallest absolute Gasteiger partial charge is 0.137 e. The number of aliphatic hydroxyl groups excluding tert-OH is 1. The zero-order chi connectivity index (χ0) is 18.8. The van der Waals surface area contributed by atoms with Gasteiger partial charge in [0.15, 0.2) is 0 Å². The second-order valence-electron chi connectivity index (χ2n) is 5.87. The van der Waals surface area contributed by atoms with Gasteiger partial charge in [-0.3, -0.25) is 9.00 Å². The van der Waals surface area contributed by atoms with Gasteiger partial charge in [-0.15, -0.1) is 0 Å². The molecule has 2 aromatic carbocycles. The van der Waals surface area contributed by atoms with Crippen LogP contribution in [0, 0.1) is 0 Å². The Morgan fingerprint density at radius 2 is 1.81 bits per heavy atom. The number of ether oxygens (including phenoxy) is 2. The van der Waals surface area contributed by atoms with Crippen LogP contribution in [0.3, 0.4) is 0 Å². The monoisotopic (exact) mass is 376 g/mol. The van der Waals surface area contributed by atoms with Gasteiger partial charge in [0.25, 0.3) is 0 Å². The first-order valence-electron chi connectivity index (χ1n) is 8.42. The van der Waals surface area contributed by atoms with Gasteiger partial charge in [0, 0.05) is 17.7 Å². The Balaban J connectivity index is 1.64. The van der Waals surface area contributed by atoms with E-state index < -0.39 is 16.9 Å². The average Bonchev–Trinajstić information content (AvgIpc) is 2.66. The highest BCUT2D eigenvalue weighted by Gasteiger charge is 2.15. The Labute approximate surface area is 156 Å². The van der Waals surface area contributed by atoms with E-state index in [1.807, 2.05) is 30.3 Å². The van der Waals surface area contributed by atoms with Crippen LogP contribution in [0.4, 0.5) is 0 Å². The molecule has 5 nitrogen and oxygen atoms in total. The van der Waals surface area contributed by atoms with Crippen LogP contribution in [0.15, 0.2) is 59.5 Å². The van der Waals surface area contributed by atoms with Gasteiger partial charge in [-0.2, -0.15) is 0 Å². The molecule has 0 unspecified atom stereocenters. The molecule has 6 heteroatoms. The predicted molar refractivity (Wildman–Crippen MR) is 101 cm³/mol. The lowest BCUT2D eigenvalue weighted by Crippen LogP contribution is -2.21. The van der Waals surface area contributed by atoms with E-state index in [-0.39, 0.29) is 24.4 Å². The molecule has 0 aliphatic carbocycles. The minimum Gasteiger partial charge on any atom is -0.497 e. The third-order valence-corrected chi connectivity index (χ3v) is 5.25. The average molecular weight is 376 g/mol. The maximum atomic E-state index is 12.1. The highest BCUT2D eigenvalue weighted by molar-refractivity contribution is 7.85. The molecule has 2 atom stereocenters.